The van der Waals surface area contributed by atoms with Gasteiger partial charge in [0.05, 0.1) is 23.7 Å². The van der Waals surface area contributed by atoms with Crippen LogP contribution in [0, 0.1) is 5.92 Å². The number of benzene rings is 1. The fourth-order valence-corrected chi connectivity index (χ4v) is 4.72. The zero-order chi connectivity index (χ0) is 22.5. The molecule has 2 N–H and O–H groups in total. The lowest BCUT2D eigenvalue weighted by molar-refractivity contribution is -0.141. The summed E-state index contributed by atoms with van der Waals surface area (Å²) in [6, 6.07) is 5.54. The molecule has 4 rings (SSSR count). The van der Waals surface area contributed by atoms with Gasteiger partial charge in [-0.05, 0) is 49.1 Å². The molecule has 0 unspecified atom stereocenters. The lowest BCUT2D eigenvalue weighted by Gasteiger charge is -2.27. The minimum atomic E-state index is -4.57. The van der Waals surface area contributed by atoms with Crippen molar-refractivity contribution in [3.05, 3.63) is 46.8 Å². The predicted molar refractivity (Wildman–Crippen MR) is 104 cm³/mol. The second-order valence-corrected chi connectivity index (χ2v) is 7.94. The summed E-state index contributed by atoms with van der Waals surface area (Å²) in [4.78, 5) is 24.5. The molecule has 2 aromatic rings. The van der Waals surface area contributed by atoms with Gasteiger partial charge in [0.25, 0.3) is 0 Å². The number of fused-ring (bicyclic) bond motifs is 2. The number of aromatic nitrogens is 2. The molecule has 0 saturated carbocycles. The van der Waals surface area contributed by atoms with Crippen LogP contribution in [0.1, 0.15) is 53.0 Å². The van der Waals surface area contributed by atoms with Crippen LogP contribution in [-0.4, -0.2) is 39.0 Å². The summed E-state index contributed by atoms with van der Waals surface area (Å²) in [6.07, 6.45) is -3.52. The van der Waals surface area contributed by atoms with E-state index in [0.29, 0.717) is 36.2 Å². The number of carbonyl (C=O) groups is 2. The van der Waals surface area contributed by atoms with E-state index in [9.17, 15) is 27.9 Å². The van der Waals surface area contributed by atoms with Crippen molar-refractivity contribution in [2.75, 3.05) is 5.32 Å². The molecule has 2 aliphatic heterocycles. The Hall–Kier alpha value is -2.88. The first-order valence-electron chi connectivity index (χ1n) is 10.0. The molecule has 7 nitrogen and oxygen atoms in total. The fourth-order valence-electron chi connectivity index (χ4n) is 4.72. The molecular weight excluding hydrogens is 415 g/mol. The number of alkyl halides is 3. The van der Waals surface area contributed by atoms with Crippen molar-refractivity contribution in [2.24, 2.45) is 13.0 Å². The number of carboxylic acids is 1. The SMILES string of the molecule is CCc1cc(NC(=O)[C@H]2[C@H](c3cc(C(F)(F)F)nn3C)[C@@H]3CC[C@@H]2O3)ccc1C(=O)O. The number of carbonyl (C=O) groups excluding carboxylic acids is 1. The van der Waals surface area contributed by atoms with Crippen molar-refractivity contribution in [3.63, 3.8) is 0 Å². The number of rotatable bonds is 5. The number of anilines is 1. The summed E-state index contributed by atoms with van der Waals surface area (Å²) in [5.41, 5.74) is 0.497. The predicted octanol–water partition coefficient (Wildman–Crippen LogP) is 3.60. The highest BCUT2D eigenvalue weighted by Gasteiger charge is 2.54. The van der Waals surface area contributed by atoms with Gasteiger partial charge in [-0.1, -0.05) is 6.92 Å². The topological polar surface area (TPSA) is 93.5 Å². The molecule has 166 valence electrons. The van der Waals surface area contributed by atoms with Gasteiger partial charge in [-0.15, -0.1) is 0 Å². The van der Waals surface area contributed by atoms with E-state index in [2.05, 4.69) is 10.4 Å². The highest BCUT2D eigenvalue weighted by molar-refractivity contribution is 5.95. The molecule has 2 bridgehead atoms. The van der Waals surface area contributed by atoms with Gasteiger partial charge in [0, 0.05) is 24.3 Å². The van der Waals surface area contributed by atoms with Crippen molar-refractivity contribution < 1.29 is 32.6 Å². The first-order chi connectivity index (χ1) is 14.6. The second kappa shape index (κ2) is 7.67. The third-order valence-corrected chi connectivity index (χ3v) is 6.11. The smallest absolute Gasteiger partial charge is 0.435 e. The normalized spacial score (nSPS) is 25.1. The van der Waals surface area contributed by atoms with Gasteiger partial charge >= 0.3 is 12.1 Å². The molecule has 3 heterocycles. The number of halogens is 3. The monoisotopic (exact) mass is 437 g/mol. The number of nitrogens with one attached hydrogen (secondary N) is 1. The Kier molecular flexibility index (Phi) is 5.28. The van der Waals surface area contributed by atoms with Gasteiger partial charge in [0.2, 0.25) is 5.91 Å². The molecule has 0 aliphatic carbocycles. The Morgan fingerprint density at radius 1 is 1.26 bits per heavy atom. The third-order valence-electron chi connectivity index (χ3n) is 6.11. The molecule has 0 spiro atoms. The molecule has 2 aliphatic rings. The van der Waals surface area contributed by atoms with Crippen LogP contribution in [0.25, 0.3) is 0 Å². The summed E-state index contributed by atoms with van der Waals surface area (Å²) in [6.45, 7) is 1.81. The van der Waals surface area contributed by atoms with E-state index in [1.807, 2.05) is 6.92 Å². The Balaban J connectivity index is 1.62. The molecule has 1 aromatic heterocycles. The molecule has 10 heteroatoms. The maximum Gasteiger partial charge on any atom is 0.435 e. The largest absolute Gasteiger partial charge is 0.478 e. The highest BCUT2D eigenvalue weighted by atomic mass is 19.4. The Morgan fingerprint density at radius 3 is 2.58 bits per heavy atom. The average molecular weight is 437 g/mol. The Bertz CT molecular complexity index is 1030. The van der Waals surface area contributed by atoms with Crippen LogP contribution in [0.4, 0.5) is 18.9 Å². The van der Waals surface area contributed by atoms with E-state index in [-0.39, 0.29) is 23.7 Å². The zero-order valence-corrected chi connectivity index (χ0v) is 16.9. The number of hydrogen-bond acceptors (Lipinski definition) is 4. The molecule has 2 saturated heterocycles. The lowest BCUT2D eigenvalue weighted by Crippen LogP contribution is -2.36. The minimum Gasteiger partial charge on any atom is -0.478 e. The van der Waals surface area contributed by atoms with Gasteiger partial charge in [0.15, 0.2) is 5.69 Å². The maximum atomic E-state index is 13.2. The summed E-state index contributed by atoms with van der Waals surface area (Å²) in [5.74, 6) is -2.62. The van der Waals surface area contributed by atoms with Crippen molar-refractivity contribution in [2.45, 2.75) is 50.5 Å². The van der Waals surface area contributed by atoms with Gasteiger partial charge in [-0.25, -0.2) is 4.79 Å². The summed E-state index contributed by atoms with van der Waals surface area (Å²) in [5, 5.41) is 15.7. The molecule has 31 heavy (non-hydrogen) atoms. The number of carboxylic acid groups (broad SMARTS) is 1. The van der Waals surface area contributed by atoms with Crippen LogP contribution in [0.3, 0.4) is 0 Å². The summed E-state index contributed by atoms with van der Waals surface area (Å²) < 4.78 is 46.5. The Morgan fingerprint density at radius 2 is 1.97 bits per heavy atom. The first kappa shape index (κ1) is 21.4. The molecular formula is C21H22F3N3O4. The van der Waals surface area contributed by atoms with Crippen LogP contribution in [0.2, 0.25) is 0 Å². The van der Waals surface area contributed by atoms with Crippen molar-refractivity contribution in [3.8, 4) is 0 Å². The van der Waals surface area contributed by atoms with E-state index in [4.69, 9.17) is 4.74 Å². The van der Waals surface area contributed by atoms with E-state index >= 15 is 0 Å². The molecule has 2 fully saturated rings. The molecule has 4 atom stereocenters. The van der Waals surface area contributed by atoms with E-state index in [1.165, 1.54) is 23.9 Å². The third kappa shape index (κ3) is 3.80. The average Bonchev–Trinajstić information content (AvgIpc) is 3.41. The van der Waals surface area contributed by atoms with Crippen molar-refractivity contribution in [1.82, 2.24) is 9.78 Å². The Labute approximate surface area is 176 Å². The molecule has 0 radical (unpaired) electrons. The van der Waals surface area contributed by atoms with Crippen LogP contribution in [-0.2, 0) is 29.2 Å². The molecule has 1 amide bonds. The molecule has 1 aromatic carbocycles. The minimum absolute atomic E-state index is 0.163. The summed E-state index contributed by atoms with van der Waals surface area (Å²) in [7, 11) is 1.43. The van der Waals surface area contributed by atoms with Crippen LogP contribution < -0.4 is 5.32 Å². The number of ether oxygens (including phenoxy) is 1. The number of aryl methyl sites for hydroxylation is 2. The van der Waals surface area contributed by atoms with Gasteiger partial charge in [-0.2, -0.15) is 18.3 Å². The lowest BCUT2D eigenvalue weighted by atomic mass is 9.76. The van der Waals surface area contributed by atoms with Crippen molar-refractivity contribution >= 4 is 17.6 Å². The van der Waals surface area contributed by atoms with Crippen LogP contribution >= 0.6 is 0 Å². The zero-order valence-electron chi connectivity index (χ0n) is 16.9. The van der Waals surface area contributed by atoms with E-state index < -0.39 is 29.7 Å². The highest BCUT2D eigenvalue weighted by Crippen LogP contribution is 2.49. The van der Waals surface area contributed by atoms with Crippen LogP contribution in [0.5, 0.6) is 0 Å². The standard InChI is InChI=1S/C21H22F3N3O4/c1-3-10-8-11(4-5-12(10)20(29)30)25-19(28)18-15-7-6-14(31-15)17(18)13-9-16(21(22,23)24)26-27(13)2/h4-5,8-9,14-15,17-18H,3,6-7H2,1-2H3,(H,25,28)(H,29,30)/t14-,15-,17+,18+/m0/s1. The maximum absolute atomic E-state index is 13.2. The van der Waals surface area contributed by atoms with Gasteiger partial charge in [0.1, 0.15) is 0 Å². The van der Waals surface area contributed by atoms with E-state index in [0.717, 1.165) is 6.07 Å². The van der Waals surface area contributed by atoms with Crippen LogP contribution in [0.15, 0.2) is 24.3 Å². The van der Waals surface area contributed by atoms with E-state index in [1.54, 1.807) is 6.07 Å². The van der Waals surface area contributed by atoms with Gasteiger partial charge in [-0.3, -0.25) is 9.48 Å². The number of hydrogen-bond donors (Lipinski definition) is 2. The van der Waals surface area contributed by atoms with Crippen molar-refractivity contribution in [1.29, 1.82) is 0 Å². The second-order valence-electron chi connectivity index (χ2n) is 7.94. The number of aromatic carboxylic acids is 1. The quantitative estimate of drug-likeness (QED) is 0.746. The summed E-state index contributed by atoms with van der Waals surface area (Å²) >= 11 is 0. The van der Waals surface area contributed by atoms with Gasteiger partial charge < -0.3 is 15.2 Å². The first-order valence-corrected chi connectivity index (χ1v) is 10.0. The number of nitrogens with zero attached hydrogens (tertiary/aromatic N) is 2. The fraction of sp³-hybridized carbons (Fsp3) is 0.476. The number of amides is 1.